The van der Waals surface area contributed by atoms with E-state index in [2.05, 4.69) is 53.7 Å². The Morgan fingerprint density at radius 2 is 1.81 bits per heavy atom. The monoisotopic (exact) mass is 290 g/mol. The van der Waals surface area contributed by atoms with E-state index in [-0.39, 0.29) is 0 Å². The van der Waals surface area contributed by atoms with Gasteiger partial charge in [0.15, 0.2) is 0 Å². The highest BCUT2D eigenvalue weighted by molar-refractivity contribution is 9.09. The summed E-state index contributed by atoms with van der Waals surface area (Å²) < 4.78 is 0. The van der Waals surface area contributed by atoms with Crippen molar-refractivity contribution in [2.75, 3.05) is 39.1 Å². The van der Waals surface area contributed by atoms with Crippen LogP contribution in [0.15, 0.2) is 0 Å². The number of hydrogen-bond acceptors (Lipinski definition) is 2. The second kappa shape index (κ2) is 6.97. The fraction of sp³-hybridized carbons (Fsp3) is 1.00. The van der Waals surface area contributed by atoms with Crippen molar-refractivity contribution in [1.82, 2.24) is 9.80 Å². The maximum Gasteiger partial charge on any atom is 0.0113 e. The number of likely N-dealkylation sites (tertiary alicyclic amines) is 1. The molecule has 0 aromatic heterocycles. The Morgan fingerprint density at radius 1 is 1.25 bits per heavy atom. The van der Waals surface area contributed by atoms with Crippen molar-refractivity contribution in [2.45, 2.75) is 32.7 Å². The third-order valence-electron chi connectivity index (χ3n) is 3.92. The van der Waals surface area contributed by atoms with Gasteiger partial charge in [0, 0.05) is 17.9 Å². The number of hydrogen-bond donors (Lipinski definition) is 0. The predicted molar refractivity (Wildman–Crippen MR) is 75.3 cm³/mol. The third kappa shape index (κ3) is 4.34. The number of alkyl halides is 1. The highest BCUT2D eigenvalue weighted by Crippen LogP contribution is 2.19. The van der Waals surface area contributed by atoms with Crippen LogP contribution in [0.3, 0.4) is 0 Å². The van der Waals surface area contributed by atoms with Crippen molar-refractivity contribution in [3.63, 3.8) is 0 Å². The minimum absolute atomic E-state index is 0.783. The number of rotatable bonds is 5. The van der Waals surface area contributed by atoms with Crippen molar-refractivity contribution >= 4 is 15.9 Å². The van der Waals surface area contributed by atoms with Crippen LogP contribution in [0.5, 0.6) is 0 Å². The molecule has 3 heteroatoms. The summed E-state index contributed by atoms with van der Waals surface area (Å²) >= 11 is 3.64. The first-order valence-electron chi connectivity index (χ1n) is 6.49. The molecular formula is C13H27BrN2. The average Bonchev–Trinajstić information content (AvgIpc) is 2.26. The van der Waals surface area contributed by atoms with Gasteiger partial charge in [0.1, 0.15) is 0 Å². The molecule has 1 atom stereocenters. The SMILES string of the molecule is CC(C)C(CBr)CN1CCC(N(C)C)CC1. The highest BCUT2D eigenvalue weighted by Gasteiger charge is 2.23. The molecule has 0 N–H and O–H groups in total. The fourth-order valence-corrected chi connectivity index (χ4v) is 3.34. The lowest BCUT2D eigenvalue weighted by Crippen LogP contribution is -2.44. The lowest BCUT2D eigenvalue weighted by atomic mass is 9.95. The van der Waals surface area contributed by atoms with Gasteiger partial charge >= 0.3 is 0 Å². The van der Waals surface area contributed by atoms with E-state index >= 15 is 0 Å². The van der Waals surface area contributed by atoms with Crippen LogP contribution in [0.1, 0.15) is 26.7 Å². The normalized spacial score (nSPS) is 21.9. The molecule has 0 bridgehead atoms. The van der Waals surface area contributed by atoms with Crippen LogP contribution in [-0.2, 0) is 0 Å². The smallest absolute Gasteiger partial charge is 0.0113 e. The third-order valence-corrected chi connectivity index (χ3v) is 4.75. The molecular weight excluding hydrogens is 264 g/mol. The van der Waals surface area contributed by atoms with E-state index in [1.807, 2.05) is 0 Å². The first-order chi connectivity index (χ1) is 7.54. The molecule has 0 saturated carbocycles. The molecule has 0 aliphatic carbocycles. The molecule has 1 unspecified atom stereocenters. The van der Waals surface area contributed by atoms with Crippen LogP contribution in [-0.4, -0.2) is 54.9 Å². The van der Waals surface area contributed by atoms with Gasteiger partial charge in [-0.05, 0) is 51.9 Å². The maximum absolute atomic E-state index is 3.64. The van der Waals surface area contributed by atoms with Gasteiger partial charge in [-0.3, -0.25) is 0 Å². The van der Waals surface area contributed by atoms with E-state index in [0.717, 1.165) is 23.2 Å². The van der Waals surface area contributed by atoms with E-state index in [1.165, 1.54) is 32.5 Å². The Labute approximate surface area is 109 Å². The van der Waals surface area contributed by atoms with Crippen LogP contribution >= 0.6 is 15.9 Å². The van der Waals surface area contributed by atoms with Crippen molar-refractivity contribution in [3.05, 3.63) is 0 Å². The van der Waals surface area contributed by atoms with Gasteiger partial charge in [-0.25, -0.2) is 0 Å². The van der Waals surface area contributed by atoms with Gasteiger partial charge in [0.2, 0.25) is 0 Å². The van der Waals surface area contributed by atoms with Crippen molar-refractivity contribution in [3.8, 4) is 0 Å². The van der Waals surface area contributed by atoms with E-state index < -0.39 is 0 Å². The Balaban J connectivity index is 2.31. The molecule has 16 heavy (non-hydrogen) atoms. The van der Waals surface area contributed by atoms with Crippen molar-refractivity contribution < 1.29 is 0 Å². The zero-order valence-electron chi connectivity index (χ0n) is 11.2. The zero-order valence-corrected chi connectivity index (χ0v) is 12.8. The summed E-state index contributed by atoms with van der Waals surface area (Å²) in [6.07, 6.45) is 2.67. The molecule has 1 saturated heterocycles. The van der Waals surface area contributed by atoms with Crippen LogP contribution in [0.4, 0.5) is 0 Å². The van der Waals surface area contributed by atoms with E-state index in [0.29, 0.717) is 0 Å². The molecule has 1 aliphatic heterocycles. The minimum atomic E-state index is 0.783. The molecule has 1 heterocycles. The maximum atomic E-state index is 3.64. The van der Waals surface area contributed by atoms with Crippen LogP contribution in [0, 0.1) is 11.8 Å². The van der Waals surface area contributed by atoms with Crippen LogP contribution < -0.4 is 0 Å². The van der Waals surface area contributed by atoms with Gasteiger partial charge < -0.3 is 9.80 Å². The summed E-state index contributed by atoms with van der Waals surface area (Å²) in [5.41, 5.74) is 0. The first kappa shape index (κ1) is 14.5. The Kier molecular flexibility index (Phi) is 6.30. The van der Waals surface area contributed by atoms with Crippen molar-refractivity contribution in [2.24, 2.45) is 11.8 Å². The second-order valence-corrected chi connectivity index (χ2v) is 6.30. The Bertz CT molecular complexity index is 186. The molecule has 1 aliphatic rings. The summed E-state index contributed by atoms with van der Waals surface area (Å²) in [5, 5.41) is 1.14. The van der Waals surface area contributed by atoms with Gasteiger partial charge in [0.05, 0.1) is 0 Å². The van der Waals surface area contributed by atoms with Gasteiger partial charge in [-0.1, -0.05) is 29.8 Å². The van der Waals surface area contributed by atoms with Gasteiger partial charge in [-0.2, -0.15) is 0 Å². The molecule has 1 rings (SSSR count). The number of piperidine rings is 1. The molecule has 0 spiro atoms. The van der Waals surface area contributed by atoms with E-state index in [1.54, 1.807) is 0 Å². The first-order valence-corrected chi connectivity index (χ1v) is 7.61. The topological polar surface area (TPSA) is 6.48 Å². The minimum Gasteiger partial charge on any atom is -0.306 e. The van der Waals surface area contributed by atoms with E-state index in [4.69, 9.17) is 0 Å². The van der Waals surface area contributed by atoms with Gasteiger partial charge in [-0.15, -0.1) is 0 Å². The van der Waals surface area contributed by atoms with Gasteiger partial charge in [0.25, 0.3) is 0 Å². The largest absolute Gasteiger partial charge is 0.306 e. The Hall–Kier alpha value is 0.400. The second-order valence-electron chi connectivity index (χ2n) is 5.65. The molecule has 96 valence electrons. The summed E-state index contributed by atoms with van der Waals surface area (Å²) in [6.45, 7) is 8.48. The molecule has 0 aromatic rings. The summed E-state index contributed by atoms with van der Waals surface area (Å²) in [6, 6.07) is 0.803. The molecule has 1 fully saturated rings. The van der Waals surface area contributed by atoms with Crippen LogP contribution in [0.25, 0.3) is 0 Å². The highest BCUT2D eigenvalue weighted by atomic mass is 79.9. The lowest BCUT2D eigenvalue weighted by Gasteiger charge is -2.37. The zero-order chi connectivity index (χ0) is 12.1. The standard InChI is InChI=1S/C13H27BrN2/c1-11(2)12(9-14)10-16-7-5-13(6-8-16)15(3)4/h11-13H,5-10H2,1-4H3. The molecule has 0 radical (unpaired) electrons. The average molecular weight is 291 g/mol. The van der Waals surface area contributed by atoms with Crippen LogP contribution in [0.2, 0.25) is 0 Å². The number of nitrogens with zero attached hydrogens (tertiary/aromatic N) is 2. The van der Waals surface area contributed by atoms with Crippen molar-refractivity contribution in [1.29, 1.82) is 0 Å². The molecule has 2 nitrogen and oxygen atoms in total. The van der Waals surface area contributed by atoms with E-state index in [9.17, 15) is 0 Å². The lowest BCUT2D eigenvalue weighted by molar-refractivity contribution is 0.125. The summed E-state index contributed by atoms with van der Waals surface area (Å²) in [5.74, 6) is 1.59. The molecule has 0 aromatic carbocycles. The molecule has 0 amide bonds. The predicted octanol–water partition coefficient (Wildman–Crippen LogP) is 2.68. The quantitative estimate of drug-likeness (QED) is 0.719. The number of halogens is 1. The summed E-state index contributed by atoms with van der Waals surface area (Å²) in [7, 11) is 4.41. The fourth-order valence-electron chi connectivity index (χ4n) is 2.39. The Morgan fingerprint density at radius 3 is 2.19 bits per heavy atom. The summed E-state index contributed by atoms with van der Waals surface area (Å²) in [4.78, 5) is 5.02.